The Morgan fingerprint density at radius 1 is 1.47 bits per heavy atom. The largest absolute Gasteiger partial charge is 0.415 e. The lowest BCUT2D eigenvalue weighted by atomic mass is 10.2. The van der Waals surface area contributed by atoms with Crippen LogP contribution in [0.4, 0.5) is 0 Å². The summed E-state index contributed by atoms with van der Waals surface area (Å²) in [7, 11) is -1.56. The lowest BCUT2D eigenvalue weighted by Crippen LogP contribution is -2.43. The lowest BCUT2D eigenvalue weighted by Gasteiger charge is -2.37. The van der Waals surface area contributed by atoms with Gasteiger partial charge in [-0.25, -0.2) is 0 Å². The molecule has 0 saturated carbocycles. The minimum Gasteiger partial charge on any atom is -0.415 e. The molecule has 1 rings (SSSR count). The van der Waals surface area contributed by atoms with Crippen molar-refractivity contribution in [1.82, 2.24) is 5.32 Å². The molecule has 1 N–H and O–H groups in total. The Morgan fingerprint density at radius 2 is 2.07 bits per heavy atom. The average molecular weight is 227 g/mol. The van der Waals surface area contributed by atoms with Gasteiger partial charge in [0.05, 0.1) is 12.6 Å². The fourth-order valence-corrected chi connectivity index (χ4v) is 2.45. The van der Waals surface area contributed by atoms with Crippen LogP contribution >= 0.6 is 0 Å². The second-order valence-corrected chi connectivity index (χ2v) is 10.9. The van der Waals surface area contributed by atoms with Gasteiger partial charge in [0.25, 0.3) is 0 Å². The Morgan fingerprint density at radius 3 is 2.47 bits per heavy atom. The summed E-state index contributed by atoms with van der Waals surface area (Å²) in [4.78, 5) is 0. The first-order valence-corrected chi connectivity index (χ1v) is 8.69. The minimum absolute atomic E-state index is 0.314. The molecule has 0 spiro atoms. The highest BCUT2D eigenvalue weighted by atomic mass is 28.4. The molecule has 0 amide bonds. The fourth-order valence-electron chi connectivity index (χ4n) is 1.40. The summed E-state index contributed by atoms with van der Waals surface area (Å²) in [5.41, 5.74) is 1.43. The van der Waals surface area contributed by atoms with Gasteiger partial charge in [0.15, 0.2) is 8.32 Å². The quantitative estimate of drug-likeness (QED) is 0.747. The van der Waals surface area contributed by atoms with E-state index in [1.165, 1.54) is 5.57 Å². The zero-order chi connectivity index (χ0) is 11.7. The van der Waals surface area contributed by atoms with Gasteiger partial charge in [0.2, 0.25) is 0 Å². The molecular weight excluding hydrogens is 202 g/mol. The number of nitrogens with one attached hydrogen (secondary N) is 1. The number of hydrogen-bond donors (Lipinski definition) is 1. The zero-order valence-electron chi connectivity index (χ0n) is 11.0. The summed E-state index contributed by atoms with van der Waals surface area (Å²) < 4.78 is 6.17. The molecule has 0 fully saturated rings. The lowest BCUT2D eigenvalue weighted by molar-refractivity contribution is 0.255. The van der Waals surface area contributed by atoms with Crippen LogP contribution in [-0.4, -0.2) is 21.0 Å². The number of rotatable bonds is 3. The van der Waals surface area contributed by atoms with E-state index in [1.807, 2.05) is 0 Å². The van der Waals surface area contributed by atoms with Gasteiger partial charge in [-0.05, 0) is 37.7 Å². The van der Waals surface area contributed by atoms with E-state index in [1.54, 1.807) is 0 Å². The molecule has 0 aromatic rings. The number of hydrogen-bond acceptors (Lipinski definition) is 2. The highest BCUT2D eigenvalue weighted by Gasteiger charge is 2.37. The summed E-state index contributed by atoms with van der Waals surface area (Å²) in [6.45, 7) is 14.5. The first kappa shape index (κ1) is 12.8. The van der Waals surface area contributed by atoms with E-state index in [9.17, 15) is 0 Å². The van der Waals surface area contributed by atoms with Crippen LogP contribution in [0, 0.1) is 0 Å². The predicted molar refractivity (Wildman–Crippen MR) is 68.4 cm³/mol. The van der Waals surface area contributed by atoms with Gasteiger partial charge in [-0.3, -0.25) is 0 Å². The third-order valence-electron chi connectivity index (χ3n) is 3.59. The van der Waals surface area contributed by atoms with Crippen molar-refractivity contribution in [2.75, 3.05) is 6.61 Å². The topological polar surface area (TPSA) is 21.3 Å². The Balaban J connectivity index is 2.38. The summed E-state index contributed by atoms with van der Waals surface area (Å²) in [5, 5.41) is 3.68. The first-order chi connectivity index (χ1) is 6.72. The molecule has 3 heteroatoms. The van der Waals surface area contributed by atoms with Crippen molar-refractivity contribution >= 4 is 8.32 Å². The highest BCUT2D eigenvalue weighted by molar-refractivity contribution is 6.74. The summed E-state index contributed by atoms with van der Waals surface area (Å²) in [6, 6.07) is 0.499. The molecule has 88 valence electrons. The van der Waals surface area contributed by atoms with E-state index < -0.39 is 8.32 Å². The second-order valence-electron chi connectivity index (χ2n) is 6.13. The third kappa shape index (κ3) is 3.35. The van der Waals surface area contributed by atoms with Gasteiger partial charge in [-0.15, -0.1) is 0 Å². The molecule has 0 aromatic carbocycles. The molecule has 0 saturated heterocycles. The Kier molecular flexibility index (Phi) is 3.66. The van der Waals surface area contributed by atoms with Crippen LogP contribution in [0.5, 0.6) is 0 Å². The average Bonchev–Trinajstić information content (AvgIpc) is 2.46. The maximum absolute atomic E-state index is 6.17. The van der Waals surface area contributed by atoms with Crippen molar-refractivity contribution in [3.05, 3.63) is 11.8 Å². The molecular formula is C12H25NOSi. The van der Waals surface area contributed by atoms with E-state index in [0.717, 1.165) is 13.0 Å². The molecule has 2 nitrogen and oxygen atoms in total. The Hall–Kier alpha value is -0.283. The highest BCUT2D eigenvalue weighted by Crippen LogP contribution is 2.36. The molecule has 1 aliphatic rings. The first-order valence-electron chi connectivity index (χ1n) is 5.78. The Bertz CT molecular complexity index is 253. The van der Waals surface area contributed by atoms with Crippen LogP contribution < -0.4 is 5.32 Å². The maximum Gasteiger partial charge on any atom is 0.192 e. The van der Waals surface area contributed by atoms with Crippen molar-refractivity contribution in [3.63, 3.8) is 0 Å². The SMILES string of the molecule is CC1=CNC(CO[Si](C)(C)C(C)(C)C)C1. The van der Waals surface area contributed by atoms with Crippen molar-refractivity contribution in [2.24, 2.45) is 0 Å². The second kappa shape index (κ2) is 4.30. The monoisotopic (exact) mass is 227 g/mol. The maximum atomic E-state index is 6.17. The molecule has 0 aromatic heterocycles. The van der Waals surface area contributed by atoms with Gasteiger partial charge in [-0.2, -0.15) is 0 Å². The van der Waals surface area contributed by atoms with Gasteiger partial charge in [0.1, 0.15) is 0 Å². The van der Waals surface area contributed by atoms with Crippen LogP contribution in [0.3, 0.4) is 0 Å². The van der Waals surface area contributed by atoms with Crippen molar-refractivity contribution in [3.8, 4) is 0 Å². The van der Waals surface area contributed by atoms with Gasteiger partial charge in [0, 0.05) is 0 Å². The van der Waals surface area contributed by atoms with E-state index in [4.69, 9.17) is 4.43 Å². The van der Waals surface area contributed by atoms with Crippen LogP contribution in [-0.2, 0) is 4.43 Å². The van der Waals surface area contributed by atoms with Crippen molar-refractivity contribution < 1.29 is 4.43 Å². The molecule has 1 atom stereocenters. The van der Waals surface area contributed by atoms with E-state index >= 15 is 0 Å². The molecule has 0 aliphatic carbocycles. The summed E-state index contributed by atoms with van der Waals surface area (Å²) in [6.07, 6.45) is 3.24. The Labute approximate surface area is 95.2 Å². The van der Waals surface area contributed by atoms with Gasteiger partial charge >= 0.3 is 0 Å². The molecule has 1 heterocycles. The van der Waals surface area contributed by atoms with Crippen molar-refractivity contribution in [1.29, 1.82) is 0 Å². The van der Waals surface area contributed by atoms with Crippen LogP contribution in [0.25, 0.3) is 0 Å². The van der Waals surface area contributed by atoms with E-state index in [0.29, 0.717) is 11.1 Å². The van der Waals surface area contributed by atoms with E-state index in [-0.39, 0.29) is 0 Å². The standard InChI is InChI=1S/C12H25NOSi/c1-10-7-11(13-8-10)9-14-15(5,6)12(2,3)4/h8,11,13H,7,9H2,1-6H3. The van der Waals surface area contributed by atoms with Crippen molar-refractivity contribution in [2.45, 2.75) is 58.3 Å². The minimum atomic E-state index is -1.56. The normalized spacial score (nSPS) is 22.5. The molecule has 0 radical (unpaired) electrons. The smallest absolute Gasteiger partial charge is 0.192 e. The molecule has 1 unspecified atom stereocenters. The molecule has 0 bridgehead atoms. The van der Waals surface area contributed by atoms with Crippen LogP contribution in [0.2, 0.25) is 18.1 Å². The molecule has 1 aliphatic heterocycles. The fraction of sp³-hybridized carbons (Fsp3) is 0.833. The summed E-state index contributed by atoms with van der Waals surface area (Å²) >= 11 is 0. The van der Waals surface area contributed by atoms with Crippen LogP contribution in [0.1, 0.15) is 34.1 Å². The predicted octanol–water partition coefficient (Wildman–Crippen LogP) is 3.27. The van der Waals surface area contributed by atoms with Gasteiger partial charge in [-0.1, -0.05) is 26.3 Å². The third-order valence-corrected chi connectivity index (χ3v) is 8.09. The van der Waals surface area contributed by atoms with E-state index in [2.05, 4.69) is 52.3 Å². The van der Waals surface area contributed by atoms with Crippen LogP contribution in [0.15, 0.2) is 11.8 Å². The zero-order valence-corrected chi connectivity index (χ0v) is 12.0. The van der Waals surface area contributed by atoms with Gasteiger partial charge < -0.3 is 9.74 Å². The summed E-state index contributed by atoms with van der Waals surface area (Å²) in [5.74, 6) is 0. The molecule has 15 heavy (non-hydrogen) atoms.